The topological polar surface area (TPSA) is 88.1 Å². The maximum Gasteiger partial charge on any atom is 0.295 e. The molecule has 0 saturated carbocycles. The predicted molar refractivity (Wildman–Crippen MR) is 125 cm³/mol. The Hall–Kier alpha value is -3.20. The van der Waals surface area contributed by atoms with Gasteiger partial charge in [0.2, 0.25) is 5.95 Å². The largest absolute Gasteiger partial charge is 0.379 e. The molecule has 2 aromatic carbocycles. The van der Waals surface area contributed by atoms with Crippen LogP contribution in [0.3, 0.4) is 0 Å². The average Bonchev–Trinajstić information content (AvgIpc) is 3.27. The minimum atomic E-state index is -0.436. The number of anilines is 1. The van der Waals surface area contributed by atoms with E-state index in [0.29, 0.717) is 11.6 Å². The zero-order valence-corrected chi connectivity index (χ0v) is 18.1. The van der Waals surface area contributed by atoms with Crippen molar-refractivity contribution in [3.05, 3.63) is 81.7 Å². The standard InChI is InChI=1S/C23H23ClN6O2/c24-21-19(14-25-30(22(21)31)23-27-17-8-4-5-9-18(17)28-23)26-20(16-6-2-1-3-7-16)15-29-10-12-32-13-11-29/h1-9,14,20,26H,10-13,15H2,(H,27,28)/t20-/m1/s1. The highest BCUT2D eigenvalue weighted by Crippen LogP contribution is 2.25. The maximum atomic E-state index is 13.0. The van der Waals surface area contributed by atoms with Crippen LogP contribution in [-0.4, -0.2) is 57.5 Å². The van der Waals surface area contributed by atoms with Crippen molar-refractivity contribution in [1.29, 1.82) is 0 Å². The molecular weight excluding hydrogens is 428 g/mol. The van der Waals surface area contributed by atoms with Crippen LogP contribution in [-0.2, 0) is 4.74 Å². The number of hydrogen-bond acceptors (Lipinski definition) is 6. The summed E-state index contributed by atoms with van der Waals surface area (Å²) in [5.41, 5.74) is 2.74. The molecule has 1 fully saturated rings. The number of fused-ring (bicyclic) bond motifs is 1. The first-order valence-electron chi connectivity index (χ1n) is 10.5. The van der Waals surface area contributed by atoms with Crippen LogP contribution in [0.5, 0.6) is 0 Å². The van der Waals surface area contributed by atoms with Crippen molar-refractivity contribution in [2.75, 3.05) is 38.2 Å². The molecule has 0 unspecified atom stereocenters. The second kappa shape index (κ2) is 9.12. The van der Waals surface area contributed by atoms with Gasteiger partial charge >= 0.3 is 0 Å². The van der Waals surface area contributed by atoms with E-state index in [0.717, 1.165) is 49.4 Å². The van der Waals surface area contributed by atoms with E-state index in [9.17, 15) is 4.79 Å². The minimum Gasteiger partial charge on any atom is -0.379 e. The monoisotopic (exact) mass is 450 g/mol. The van der Waals surface area contributed by atoms with Crippen LogP contribution in [0.25, 0.3) is 17.0 Å². The molecular formula is C23H23ClN6O2. The van der Waals surface area contributed by atoms with E-state index < -0.39 is 5.56 Å². The Morgan fingerprint density at radius 1 is 1.09 bits per heavy atom. The van der Waals surface area contributed by atoms with E-state index in [4.69, 9.17) is 16.3 Å². The summed E-state index contributed by atoms with van der Waals surface area (Å²) >= 11 is 6.51. The smallest absolute Gasteiger partial charge is 0.295 e. The number of H-pyrrole nitrogens is 1. The maximum absolute atomic E-state index is 13.0. The van der Waals surface area contributed by atoms with Crippen molar-refractivity contribution in [3.63, 3.8) is 0 Å². The van der Waals surface area contributed by atoms with Gasteiger partial charge in [0.1, 0.15) is 5.02 Å². The van der Waals surface area contributed by atoms with Crippen molar-refractivity contribution in [2.24, 2.45) is 0 Å². The summed E-state index contributed by atoms with van der Waals surface area (Å²) in [6.07, 6.45) is 1.58. The molecule has 2 aromatic heterocycles. The Morgan fingerprint density at radius 3 is 2.62 bits per heavy atom. The molecule has 9 heteroatoms. The van der Waals surface area contributed by atoms with E-state index in [1.165, 1.54) is 4.68 Å². The average molecular weight is 451 g/mol. The highest BCUT2D eigenvalue weighted by molar-refractivity contribution is 6.33. The van der Waals surface area contributed by atoms with Crippen LogP contribution in [0.1, 0.15) is 11.6 Å². The number of morpholine rings is 1. The number of para-hydroxylation sites is 2. The fourth-order valence-electron chi connectivity index (χ4n) is 3.87. The molecule has 0 amide bonds. The summed E-state index contributed by atoms with van der Waals surface area (Å²) in [5, 5.41) is 7.84. The van der Waals surface area contributed by atoms with Crippen molar-refractivity contribution in [2.45, 2.75) is 6.04 Å². The number of nitrogens with zero attached hydrogens (tertiary/aromatic N) is 4. The summed E-state index contributed by atoms with van der Waals surface area (Å²) in [7, 11) is 0. The Balaban J connectivity index is 1.44. The molecule has 32 heavy (non-hydrogen) atoms. The fourth-order valence-corrected chi connectivity index (χ4v) is 4.06. The van der Waals surface area contributed by atoms with Gasteiger partial charge in [-0.05, 0) is 17.7 Å². The Morgan fingerprint density at radius 2 is 1.84 bits per heavy atom. The van der Waals surface area contributed by atoms with Crippen LogP contribution in [0.2, 0.25) is 5.02 Å². The molecule has 0 radical (unpaired) electrons. The van der Waals surface area contributed by atoms with Crippen molar-refractivity contribution in [3.8, 4) is 5.95 Å². The molecule has 1 saturated heterocycles. The lowest BCUT2D eigenvalue weighted by molar-refractivity contribution is 0.0361. The third kappa shape index (κ3) is 4.25. The number of halogens is 1. The number of imidazole rings is 1. The molecule has 0 aliphatic carbocycles. The van der Waals surface area contributed by atoms with Gasteiger partial charge in [0.25, 0.3) is 5.56 Å². The molecule has 3 heterocycles. The second-order valence-electron chi connectivity index (χ2n) is 7.69. The Kier molecular flexibility index (Phi) is 5.89. The quantitative estimate of drug-likeness (QED) is 0.469. The summed E-state index contributed by atoms with van der Waals surface area (Å²) in [6.45, 7) is 3.93. The van der Waals surface area contributed by atoms with Crippen molar-refractivity contribution in [1.82, 2.24) is 24.6 Å². The van der Waals surface area contributed by atoms with Gasteiger partial charge < -0.3 is 15.0 Å². The van der Waals surface area contributed by atoms with Gasteiger partial charge in [0.15, 0.2) is 0 Å². The molecule has 1 atom stereocenters. The van der Waals surface area contributed by atoms with Crippen LogP contribution < -0.4 is 10.9 Å². The van der Waals surface area contributed by atoms with E-state index in [1.54, 1.807) is 6.20 Å². The predicted octanol–water partition coefficient (Wildman–Crippen LogP) is 3.25. The number of nitrogens with one attached hydrogen (secondary N) is 2. The highest BCUT2D eigenvalue weighted by Gasteiger charge is 2.21. The molecule has 5 rings (SSSR count). The van der Waals surface area contributed by atoms with Crippen LogP contribution in [0.4, 0.5) is 5.69 Å². The minimum absolute atomic E-state index is 0.0601. The van der Waals surface area contributed by atoms with Crippen molar-refractivity contribution >= 4 is 28.3 Å². The molecule has 4 aromatic rings. The summed E-state index contributed by atoms with van der Waals surface area (Å²) < 4.78 is 6.66. The Labute approximate surface area is 189 Å². The number of benzene rings is 2. The normalized spacial score (nSPS) is 15.7. The number of hydrogen-bond donors (Lipinski definition) is 2. The van der Waals surface area contributed by atoms with Gasteiger partial charge in [-0.2, -0.15) is 9.78 Å². The van der Waals surface area contributed by atoms with Gasteiger partial charge in [-0.1, -0.05) is 54.1 Å². The number of ether oxygens (including phenoxy) is 1. The third-order valence-corrected chi connectivity index (χ3v) is 5.94. The second-order valence-corrected chi connectivity index (χ2v) is 8.07. The lowest BCUT2D eigenvalue weighted by Gasteiger charge is -2.31. The van der Waals surface area contributed by atoms with E-state index >= 15 is 0 Å². The summed E-state index contributed by atoms with van der Waals surface area (Å²) in [5.74, 6) is 0.331. The lowest BCUT2D eigenvalue weighted by atomic mass is 10.1. The number of rotatable bonds is 6. The van der Waals surface area contributed by atoms with Crippen LogP contribution >= 0.6 is 11.6 Å². The van der Waals surface area contributed by atoms with Crippen molar-refractivity contribution < 1.29 is 4.74 Å². The molecule has 1 aliphatic heterocycles. The van der Waals surface area contributed by atoms with Crippen LogP contribution in [0.15, 0.2) is 65.6 Å². The van der Waals surface area contributed by atoms with E-state index in [-0.39, 0.29) is 11.1 Å². The first kappa shape index (κ1) is 20.7. The first-order chi connectivity index (χ1) is 15.7. The molecule has 2 N–H and O–H groups in total. The molecule has 8 nitrogen and oxygen atoms in total. The number of aromatic nitrogens is 4. The third-order valence-electron chi connectivity index (χ3n) is 5.57. The molecule has 1 aliphatic rings. The zero-order valence-electron chi connectivity index (χ0n) is 17.4. The van der Waals surface area contributed by atoms with E-state index in [2.05, 4.69) is 37.4 Å². The zero-order chi connectivity index (χ0) is 21.9. The molecule has 0 bridgehead atoms. The van der Waals surface area contributed by atoms with Gasteiger partial charge in [-0.3, -0.25) is 9.69 Å². The fraction of sp³-hybridized carbons (Fsp3) is 0.261. The van der Waals surface area contributed by atoms with Gasteiger partial charge in [0.05, 0.1) is 42.2 Å². The summed E-state index contributed by atoms with van der Waals surface area (Å²) in [6, 6.07) is 17.6. The molecule has 164 valence electrons. The van der Waals surface area contributed by atoms with E-state index in [1.807, 2.05) is 42.5 Å². The lowest BCUT2D eigenvalue weighted by Crippen LogP contribution is -2.40. The van der Waals surface area contributed by atoms with Gasteiger partial charge in [-0.25, -0.2) is 4.98 Å². The van der Waals surface area contributed by atoms with Gasteiger partial charge in [-0.15, -0.1) is 0 Å². The number of aromatic amines is 1. The summed E-state index contributed by atoms with van der Waals surface area (Å²) in [4.78, 5) is 22.9. The molecule has 0 spiro atoms. The highest BCUT2D eigenvalue weighted by atomic mass is 35.5. The Bertz CT molecular complexity index is 1230. The van der Waals surface area contributed by atoms with Crippen LogP contribution in [0, 0.1) is 0 Å². The first-order valence-corrected chi connectivity index (χ1v) is 10.9. The van der Waals surface area contributed by atoms with Gasteiger partial charge in [0, 0.05) is 19.6 Å². The SMILES string of the molecule is O=c1c(Cl)c(N[C@H](CN2CCOCC2)c2ccccc2)cnn1-c1nc2ccccc2[nH]1.